The number of amides is 1. The van der Waals surface area contributed by atoms with Gasteiger partial charge in [-0.05, 0) is 39.7 Å². The van der Waals surface area contributed by atoms with Gasteiger partial charge in [0.2, 0.25) is 0 Å². The van der Waals surface area contributed by atoms with Crippen molar-refractivity contribution in [1.29, 1.82) is 0 Å². The summed E-state index contributed by atoms with van der Waals surface area (Å²) in [7, 11) is 0. The second-order valence-electron chi connectivity index (χ2n) is 4.67. The highest BCUT2D eigenvalue weighted by molar-refractivity contribution is 5.67. The van der Waals surface area contributed by atoms with E-state index < -0.39 is 0 Å². The Morgan fingerprint density at radius 2 is 2.31 bits per heavy atom. The van der Waals surface area contributed by atoms with Gasteiger partial charge in [-0.2, -0.15) is 0 Å². The van der Waals surface area contributed by atoms with Crippen LogP contribution in [0.1, 0.15) is 40.0 Å². The lowest BCUT2D eigenvalue weighted by Gasteiger charge is -2.25. The van der Waals surface area contributed by atoms with Crippen LogP contribution in [0.4, 0.5) is 4.79 Å². The summed E-state index contributed by atoms with van der Waals surface area (Å²) in [6.07, 6.45) is 3.13. The zero-order valence-corrected chi connectivity index (χ0v) is 10.7. The standard InChI is InChI=1S/C12H24N2O2/c1-4-8-14(12(15)16-10(2)3)9-11-6-5-7-13-11/h10-11,13H,4-9H2,1-3H3. The van der Waals surface area contributed by atoms with E-state index in [4.69, 9.17) is 4.74 Å². The fourth-order valence-electron chi connectivity index (χ4n) is 1.98. The van der Waals surface area contributed by atoms with Crippen molar-refractivity contribution in [2.45, 2.75) is 52.2 Å². The molecule has 1 amide bonds. The highest BCUT2D eigenvalue weighted by Crippen LogP contribution is 2.09. The highest BCUT2D eigenvalue weighted by Gasteiger charge is 2.22. The number of ether oxygens (including phenoxy) is 1. The molecule has 1 fully saturated rings. The van der Waals surface area contributed by atoms with Crippen molar-refractivity contribution < 1.29 is 9.53 Å². The fraction of sp³-hybridized carbons (Fsp3) is 0.917. The molecule has 0 radical (unpaired) electrons. The van der Waals surface area contributed by atoms with Crippen LogP contribution in [0.5, 0.6) is 0 Å². The molecule has 1 aliphatic heterocycles. The average molecular weight is 228 g/mol. The molecule has 1 saturated heterocycles. The first-order valence-electron chi connectivity index (χ1n) is 6.32. The molecule has 1 N–H and O–H groups in total. The molecule has 1 rings (SSSR count). The average Bonchev–Trinajstić information content (AvgIpc) is 2.68. The van der Waals surface area contributed by atoms with Crippen molar-refractivity contribution in [2.24, 2.45) is 0 Å². The molecule has 0 aromatic rings. The summed E-state index contributed by atoms with van der Waals surface area (Å²) in [6.45, 7) is 8.48. The fourth-order valence-corrected chi connectivity index (χ4v) is 1.98. The van der Waals surface area contributed by atoms with Gasteiger partial charge in [-0.15, -0.1) is 0 Å². The van der Waals surface area contributed by atoms with E-state index in [0.717, 1.165) is 32.5 Å². The van der Waals surface area contributed by atoms with E-state index in [9.17, 15) is 4.79 Å². The van der Waals surface area contributed by atoms with Crippen molar-refractivity contribution in [3.8, 4) is 0 Å². The molecule has 1 heterocycles. The van der Waals surface area contributed by atoms with Crippen LogP contribution >= 0.6 is 0 Å². The minimum atomic E-state index is -0.175. The van der Waals surface area contributed by atoms with E-state index in [2.05, 4.69) is 12.2 Å². The normalized spacial score (nSPS) is 20.1. The van der Waals surface area contributed by atoms with Crippen LogP contribution in [0, 0.1) is 0 Å². The predicted molar refractivity (Wildman–Crippen MR) is 64.5 cm³/mol. The largest absolute Gasteiger partial charge is 0.447 e. The third-order valence-electron chi connectivity index (χ3n) is 2.69. The van der Waals surface area contributed by atoms with E-state index in [1.807, 2.05) is 18.7 Å². The Labute approximate surface area is 98.3 Å². The monoisotopic (exact) mass is 228 g/mol. The number of nitrogens with zero attached hydrogens (tertiary/aromatic N) is 1. The van der Waals surface area contributed by atoms with Gasteiger partial charge >= 0.3 is 6.09 Å². The van der Waals surface area contributed by atoms with Gasteiger partial charge in [-0.25, -0.2) is 4.79 Å². The summed E-state index contributed by atoms with van der Waals surface area (Å²) in [5, 5.41) is 3.40. The topological polar surface area (TPSA) is 41.6 Å². The van der Waals surface area contributed by atoms with Crippen LogP contribution in [0.15, 0.2) is 0 Å². The SMILES string of the molecule is CCCN(CC1CCCN1)C(=O)OC(C)C. The second kappa shape index (κ2) is 6.74. The van der Waals surface area contributed by atoms with E-state index in [1.54, 1.807) is 0 Å². The number of rotatable bonds is 5. The smallest absolute Gasteiger partial charge is 0.410 e. The van der Waals surface area contributed by atoms with E-state index in [1.165, 1.54) is 6.42 Å². The van der Waals surface area contributed by atoms with Crippen LogP contribution in [0.3, 0.4) is 0 Å². The Bertz CT molecular complexity index is 213. The first-order chi connectivity index (χ1) is 7.63. The lowest BCUT2D eigenvalue weighted by Crippen LogP contribution is -2.42. The summed E-state index contributed by atoms with van der Waals surface area (Å²) >= 11 is 0. The molecule has 16 heavy (non-hydrogen) atoms. The Morgan fingerprint density at radius 3 is 2.81 bits per heavy atom. The van der Waals surface area contributed by atoms with Crippen molar-refractivity contribution in [2.75, 3.05) is 19.6 Å². The van der Waals surface area contributed by atoms with Crippen molar-refractivity contribution in [3.05, 3.63) is 0 Å². The van der Waals surface area contributed by atoms with E-state index in [-0.39, 0.29) is 12.2 Å². The van der Waals surface area contributed by atoms with E-state index in [0.29, 0.717) is 6.04 Å². The minimum Gasteiger partial charge on any atom is -0.447 e. The molecular weight excluding hydrogens is 204 g/mol. The molecule has 0 saturated carbocycles. The molecule has 1 atom stereocenters. The van der Waals surface area contributed by atoms with Crippen LogP contribution < -0.4 is 5.32 Å². The number of carbonyl (C=O) groups is 1. The van der Waals surface area contributed by atoms with Gasteiger partial charge in [0.15, 0.2) is 0 Å². The quantitative estimate of drug-likeness (QED) is 0.782. The van der Waals surface area contributed by atoms with Gasteiger partial charge in [-0.3, -0.25) is 0 Å². The molecular formula is C12H24N2O2. The van der Waals surface area contributed by atoms with E-state index >= 15 is 0 Å². The lowest BCUT2D eigenvalue weighted by molar-refractivity contribution is 0.0743. The third kappa shape index (κ3) is 4.39. The van der Waals surface area contributed by atoms with Gasteiger partial charge < -0.3 is 15.0 Å². The van der Waals surface area contributed by atoms with Gasteiger partial charge in [-0.1, -0.05) is 6.92 Å². The zero-order valence-electron chi connectivity index (χ0n) is 10.7. The van der Waals surface area contributed by atoms with Crippen LogP contribution in [0.25, 0.3) is 0 Å². The molecule has 1 unspecified atom stereocenters. The molecule has 0 aliphatic carbocycles. The Hall–Kier alpha value is -0.770. The molecule has 4 nitrogen and oxygen atoms in total. The molecule has 0 aromatic heterocycles. The molecule has 0 spiro atoms. The second-order valence-corrected chi connectivity index (χ2v) is 4.67. The number of hydrogen-bond donors (Lipinski definition) is 1. The summed E-state index contributed by atoms with van der Waals surface area (Å²) in [5.41, 5.74) is 0. The first kappa shape index (κ1) is 13.3. The van der Waals surface area contributed by atoms with Crippen LogP contribution in [0.2, 0.25) is 0 Å². The summed E-state index contributed by atoms with van der Waals surface area (Å²) in [4.78, 5) is 13.6. The van der Waals surface area contributed by atoms with Crippen molar-refractivity contribution >= 4 is 6.09 Å². The Balaban J connectivity index is 2.41. The lowest BCUT2D eigenvalue weighted by atomic mass is 10.2. The number of nitrogens with one attached hydrogen (secondary N) is 1. The van der Waals surface area contributed by atoms with Gasteiger partial charge in [0.05, 0.1) is 6.10 Å². The molecule has 0 aromatic carbocycles. The van der Waals surface area contributed by atoms with Gasteiger partial charge in [0.25, 0.3) is 0 Å². The van der Waals surface area contributed by atoms with Crippen molar-refractivity contribution in [1.82, 2.24) is 10.2 Å². The Kier molecular flexibility index (Phi) is 5.60. The van der Waals surface area contributed by atoms with Crippen LogP contribution in [-0.4, -0.2) is 42.8 Å². The van der Waals surface area contributed by atoms with Crippen LogP contribution in [-0.2, 0) is 4.74 Å². The maximum Gasteiger partial charge on any atom is 0.410 e. The number of hydrogen-bond acceptors (Lipinski definition) is 3. The first-order valence-corrected chi connectivity index (χ1v) is 6.32. The predicted octanol–water partition coefficient (Wildman–Crippen LogP) is 2.00. The highest BCUT2D eigenvalue weighted by atomic mass is 16.6. The third-order valence-corrected chi connectivity index (χ3v) is 2.69. The molecule has 4 heteroatoms. The summed E-state index contributed by atoms with van der Waals surface area (Å²) in [6, 6.07) is 0.450. The molecule has 94 valence electrons. The molecule has 0 bridgehead atoms. The molecule has 1 aliphatic rings. The Morgan fingerprint density at radius 1 is 1.56 bits per heavy atom. The number of carbonyl (C=O) groups excluding carboxylic acids is 1. The maximum absolute atomic E-state index is 11.8. The summed E-state index contributed by atoms with van der Waals surface area (Å²) < 4.78 is 5.23. The zero-order chi connectivity index (χ0) is 12.0. The van der Waals surface area contributed by atoms with Gasteiger partial charge in [0.1, 0.15) is 0 Å². The van der Waals surface area contributed by atoms with Gasteiger partial charge in [0, 0.05) is 19.1 Å². The maximum atomic E-state index is 11.8. The van der Waals surface area contributed by atoms with Crippen molar-refractivity contribution in [3.63, 3.8) is 0 Å². The summed E-state index contributed by atoms with van der Waals surface area (Å²) in [5.74, 6) is 0. The minimum absolute atomic E-state index is 0.0385.